The third kappa shape index (κ3) is 1.52. The van der Waals surface area contributed by atoms with Crippen molar-refractivity contribution in [1.29, 1.82) is 5.26 Å². The predicted molar refractivity (Wildman–Crippen MR) is 56.9 cm³/mol. The van der Waals surface area contributed by atoms with Crippen molar-refractivity contribution in [2.75, 3.05) is 0 Å². The van der Waals surface area contributed by atoms with Gasteiger partial charge in [0.2, 0.25) is 5.91 Å². The Labute approximate surface area is 91.1 Å². The zero-order valence-corrected chi connectivity index (χ0v) is 9.49. The molecule has 2 rings (SSSR count). The molecule has 15 heavy (non-hydrogen) atoms. The normalized spacial score (nSPS) is 32.5. The highest BCUT2D eigenvalue weighted by Gasteiger charge is 2.54. The van der Waals surface area contributed by atoms with Gasteiger partial charge in [0.05, 0.1) is 6.07 Å². The molecule has 1 saturated carbocycles. The second-order valence-electron chi connectivity index (χ2n) is 4.89. The van der Waals surface area contributed by atoms with Gasteiger partial charge >= 0.3 is 0 Å². The monoisotopic (exact) mass is 206 g/mol. The van der Waals surface area contributed by atoms with Crippen LogP contribution < -0.4 is 0 Å². The lowest BCUT2D eigenvalue weighted by Gasteiger charge is -2.29. The molecule has 0 aromatic rings. The summed E-state index contributed by atoms with van der Waals surface area (Å²) >= 11 is 0. The van der Waals surface area contributed by atoms with Crippen LogP contribution in [0.4, 0.5) is 0 Å². The van der Waals surface area contributed by atoms with E-state index in [1.807, 2.05) is 4.90 Å². The van der Waals surface area contributed by atoms with Crippen LogP contribution >= 0.6 is 0 Å². The number of amides is 1. The standard InChI is InChI=1S/C12H18N2O/c1-3-10-5-4-9(2)14(10)11(15)12(8-13)6-7-12/h9-10H,3-7H2,1-2H3. The second-order valence-corrected chi connectivity index (χ2v) is 4.89. The number of nitrogens with zero attached hydrogens (tertiary/aromatic N) is 2. The van der Waals surface area contributed by atoms with Crippen molar-refractivity contribution in [1.82, 2.24) is 4.90 Å². The van der Waals surface area contributed by atoms with E-state index in [-0.39, 0.29) is 5.91 Å². The summed E-state index contributed by atoms with van der Waals surface area (Å²) in [6, 6.07) is 2.90. The Morgan fingerprint density at radius 1 is 1.53 bits per heavy atom. The molecular weight excluding hydrogens is 188 g/mol. The first-order valence-electron chi connectivity index (χ1n) is 5.88. The summed E-state index contributed by atoms with van der Waals surface area (Å²) in [7, 11) is 0. The van der Waals surface area contributed by atoms with Crippen LogP contribution in [-0.2, 0) is 4.79 Å². The van der Waals surface area contributed by atoms with Crippen LogP contribution in [0.1, 0.15) is 46.0 Å². The van der Waals surface area contributed by atoms with Gasteiger partial charge in [0.25, 0.3) is 0 Å². The predicted octanol–water partition coefficient (Wildman–Crippen LogP) is 2.08. The van der Waals surface area contributed by atoms with E-state index in [0.29, 0.717) is 12.1 Å². The van der Waals surface area contributed by atoms with Crippen molar-refractivity contribution < 1.29 is 4.79 Å². The minimum Gasteiger partial charge on any atom is -0.336 e. The average molecular weight is 206 g/mol. The zero-order chi connectivity index (χ0) is 11.1. The summed E-state index contributed by atoms with van der Waals surface area (Å²) in [6.45, 7) is 4.22. The molecule has 0 bridgehead atoms. The van der Waals surface area contributed by atoms with Crippen LogP contribution in [0.25, 0.3) is 0 Å². The number of carbonyl (C=O) groups excluding carboxylic acids is 1. The first-order chi connectivity index (χ1) is 7.14. The Kier molecular flexibility index (Phi) is 2.46. The molecule has 0 aromatic carbocycles. The molecule has 1 aliphatic heterocycles. The van der Waals surface area contributed by atoms with E-state index >= 15 is 0 Å². The molecule has 2 fully saturated rings. The van der Waals surface area contributed by atoms with Gasteiger partial charge in [0, 0.05) is 12.1 Å². The molecule has 2 unspecified atom stereocenters. The van der Waals surface area contributed by atoms with Crippen molar-refractivity contribution in [2.24, 2.45) is 5.41 Å². The first-order valence-corrected chi connectivity index (χ1v) is 5.88. The van der Waals surface area contributed by atoms with Gasteiger partial charge in [0.1, 0.15) is 5.41 Å². The van der Waals surface area contributed by atoms with Crippen molar-refractivity contribution in [3.05, 3.63) is 0 Å². The van der Waals surface area contributed by atoms with E-state index in [9.17, 15) is 4.79 Å². The topological polar surface area (TPSA) is 44.1 Å². The smallest absolute Gasteiger partial charge is 0.243 e. The SMILES string of the molecule is CCC1CCC(C)N1C(=O)C1(C#N)CC1. The quantitative estimate of drug-likeness (QED) is 0.694. The molecule has 3 heteroatoms. The summed E-state index contributed by atoms with van der Waals surface area (Å²) in [6.07, 6.45) is 4.73. The fourth-order valence-electron chi connectivity index (χ4n) is 2.58. The largest absolute Gasteiger partial charge is 0.336 e. The molecule has 2 aliphatic rings. The number of rotatable bonds is 2. The van der Waals surface area contributed by atoms with Crippen molar-refractivity contribution in [3.63, 3.8) is 0 Å². The van der Waals surface area contributed by atoms with Gasteiger partial charge in [-0.15, -0.1) is 0 Å². The molecule has 1 aliphatic carbocycles. The molecule has 0 spiro atoms. The average Bonchev–Trinajstić information content (AvgIpc) is 2.96. The highest BCUT2D eigenvalue weighted by Crippen LogP contribution is 2.48. The third-order valence-corrected chi connectivity index (χ3v) is 3.87. The number of carbonyl (C=O) groups is 1. The molecule has 1 saturated heterocycles. The van der Waals surface area contributed by atoms with E-state index in [1.54, 1.807) is 0 Å². The van der Waals surface area contributed by atoms with Crippen LogP contribution in [0, 0.1) is 16.7 Å². The minimum absolute atomic E-state index is 0.0989. The fraction of sp³-hybridized carbons (Fsp3) is 0.833. The summed E-state index contributed by atoms with van der Waals surface area (Å²) < 4.78 is 0. The van der Waals surface area contributed by atoms with E-state index < -0.39 is 5.41 Å². The lowest BCUT2D eigenvalue weighted by Crippen LogP contribution is -2.43. The van der Waals surface area contributed by atoms with Gasteiger partial charge in [-0.2, -0.15) is 5.26 Å². The van der Waals surface area contributed by atoms with Gasteiger partial charge < -0.3 is 4.90 Å². The van der Waals surface area contributed by atoms with Crippen LogP contribution in [-0.4, -0.2) is 22.9 Å². The Hall–Kier alpha value is -1.04. The van der Waals surface area contributed by atoms with Gasteiger partial charge in [-0.3, -0.25) is 4.79 Å². The van der Waals surface area contributed by atoms with E-state index in [4.69, 9.17) is 5.26 Å². The zero-order valence-electron chi connectivity index (χ0n) is 9.49. The number of nitriles is 1. The van der Waals surface area contributed by atoms with Gasteiger partial charge in [0.15, 0.2) is 0 Å². The van der Waals surface area contributed by atoms with Crippen LogP contribution in [0.15, 0.2) is 0 Å². The Balaban J connectivity index is 2.15. The number of hydrogen-bond donors (Lipinski definition) is 0. The maximum absolute atomic E-state index is 12.2. The summed E-state index contributed by atoms with van der Waals surface area (Å²) in [4.78, 5) is 14.2. The van der Waals surface area contributed by atoms with Crippen LogP contribution in [0.2, 0.25) is 0 Å². The van der Waals surface area contributed by atoms with Crippen LogP contribution in [0.5, 0.6) is 0 Å². The molecule has 3 nitrogen and oxygen atoms in total. The molecule has 82 valence electrons. The Morgan fingerprint density at radius 3 is 2.67 bits per heavy atom. The molecule has 0 aromatic heterocycles. The van der Waals surface area contributed by atoms with E-state index in [1.165, 1.54) is 0 Å². The molecular formula is C12H18N2O. The van der Waals surface area contributed by atoms with Crippen molar-refractivity contribution in [3.8, 4) is 6.07 Å². The van der Waals surface area contributed by atoms with Crippen LogP contribution in [0.3, 0.4) is 0 Å². The highest BCUT2D eigenvalue weighted by molar-refractivity contribution is 5.89. The summed E-state index contributed by atoms with van der Waals surface area (Å²) in [5.74, 6) is 0.0989. The minimum atomic E-state index is -0.633. The molecule has 0 N–H and O–H groups in total. The second kappa shape index (κ2) is 3.52. The summed E-state index contributed by atoms with van der Waals surface area (Å²) in [5.41, 5.74) is -0.633. The van der Waals surface area contributed by atoms with Gasteiger partial charge in [-0.1, -0.05) is 6.92 Å². The highest BCUT2D eigenvalue weighted by atomic mass is 16.2. The molecule has 2 atom stereocenters. The van der Waals surface area contributed by atoms with Crippen molar-refractivity contribution in [2.45, 2.75) is 58.0 Å². The van der Waals surface area contributed by atoms with E-state index in [0.717, 1.165) is 32.1 Å². The molecule has 0 radical (unpaired) electrons. The Morgan fingerprint density at radius 2 is 2.20 bits per heavy atom. The number of likely N-dealkylation sites (tertiary alicyclic amines) is 1. The maximum Gasteiger partial charge on any atom is 0.243 e. The van der Waals surface area contributed by atoms with Gasteiger partial charge in [-0.25, -0.2) is 0 Å². The third-order valence-electron chi connectivity index (χ3n) is 3.87. The van der Waals surface area contributed by atoms with Gasteiger partial charge in [-0.05, 0) is 39.0 Å². The maximum atomic E-state index is 12.2. The number of hydrogen-bond acceptors (Lipinski definition) is 2. The lowest BCUT2D eigenvalue weighted by molar-refractivity contribution is -0.137. The first kappa shape index (κ1) is 10.5. The summed E-state index contributed by atoms with van der Waals surface area (Å²) in [5, 5.41) is 9.04. The lowest BCUT2D eigenvalue weighted by atomic mass is 10.1. The molecule has 1 heterocycles. The Bertz CT molecular complexity index is 314. The van der Waals surface area contributed by atoms with Crippen molar-refractivity contribution >= 4 is 5.91 Å². The molecule has 1 amide bonds. The fourth-order valence-corrected chi connectivity index (χ4v) is 2.58. The van der Waals surface area contributed by atoms with E-state index in [2.05, 4.69) is 19.9 Å².